The Hall–Kier alpha value is -2.82. The molecule has 0 radical (unpaired) electrons. The van der Waals surface area contributed by atoms with Gasteiger partial charge in [0, 0.05) is 19.2 Å². The highest BCUT2D eigenvalue weighted by molar-refractivity contribution is 5.99. The van der Waals surface area contributed by atoms with Crippen LogP contribution in [0.4, 0.5) is 18.9 Å². The normalized spacial score (nSPS) is 22.9. The number of carbonyl (C=O) groups excluding carboxylic acids is 3. The number of ether oxygens (including phenoxy) is 2. The molecule has 1 aromatic carbocycles. The zero-order chi connectivity index (χ0) is 24.2. The molecule has 1 aromatic rings. The van der Waals surface area contributed by atoms with Crippen molar-refractivity contribution in [3.63, 3.8) is 0 Å². The number of carbonyl (C=O) groups is 3. The molecule has 3 rings (SSSR count). The molecule has 2 heterocycles. The first-order valence-corrected chi connectivity index (χ1v) is 10.9. The first kappa shape index (κ1) is 24.8. The highest BCUT2D eigenvalue weighted by Gasteiger charge is 2.39. The molecule has 11 heteroatoms. The van der Waals surface area contributed by atoms with E-state index in [9.17, 15) is 27.6 Å². The van der Waals surface area contributed by atoms with Crippen molar-refractivity contribution in [1.29, 1.82) is 0 Å². The SMILES string of the molecule is CCCC(=O)Nc1ccc2c(c1)C(=O)N(C)[C@@H]1CC[C@H](CC(=O)NCC(F)(F)F)O[C@H]1CO2. The van der Waals surface area contributed by atoms with Gasteiger partial charge in [0.25, 0.3) is 5.91 Å². The summed E-state index contributed by atoms with van der Waals surface area (Å²) in [7, 11) is 1.65. The van der Waals surface area contributed by atoms with E-state index in [-0.39, 0.29) is 30.9 Å². The number of amides is 3. The topological polar surface area (TPSA) is 97.0 Å². The first-order valence-electron chi connectivity index (χ1n) is 10.9. The monoisotopic (exact) mass is 471 g/mol. The summed E-state index contributed by atoms with van der Waals surface area (Å²) in [6.45, 7) is 0.620. The Kier molecular flexibility index (Phi) is 7.83. The lowest BCUT2D eigenvalue weighted by Crippen LogP contribution is -2.54. The van der Waals surface area contributed by atoms with Crippen LogP contribution in [-0.2, 0) is 14.3 Å². The molecule has 0 aromatic heterocycles. The fourth-order valence-electron chi connectivity index (χ4n) is 4.03. The number of hydrogen-bond acceptors (Lipinski definition) is 5. The summed E-state index contributed by atoms with van der Waals surface area (Å²) >= 11 is 0. The molecule has 8 nitrogen and oxygen atoms in total. The smallest absolute Gasteiger partial charge is 0.405 e. The van der Waals surface area contributed by atoms with Gasteiger partial charge in [-0.2, -0.15) is 13.2 Å². The van der Waals surface area contributed by atoms with E-state index in [0.29, 0.717) is 42.7 Å². The molecule has 0 saturated carbocycles. The molecule has 1 saturated heterocycles. The second kappa shape index (κ2) is 10.4. The molecular formula is C22H28F3N3O5. The van der Waals surface area contributed by atoms with Crippen molar-refractivity contribution in [2.24, 2.45) is 0 Å². The van der Waals surface area contributed by atoms with Crippen molar-refractivity contribution in [3.8, 4) is 5.75 Å². The van der Waals surface area contributed by atoms with Crippen molar-refractivity contribution in [3.05, 3.63) is 23.8 Å². The van der Waals surface area contributed by atoms with Crippen LogP contribution in [-0.4, -0.2) is 67.2 Å². The number of halogens is 3. The van der Waals surface area contributed by atoms with Crippen molar-refractivity contribution < 1.29 is 37.0 Å². The fraction of sp³-hybridized carbons (Fsp3) is 0.591. The van der Waals surface area contributed by atoms with Crippen LogP contribution in [0.25, 0.3) is 0 Å². The predicted octanol–water partition coefficient (Wildman–Crippen LogP) is 2.87. The van der Waals surface area contributed by atoms with E-state index in [0.717, 1.165) is 0 Å². The van der Waals surface area contributed by atoms with Crippen LogP contribution >= 0.6 is 0 Å². The zero-order valence-corrected chi connectivity index (χ0v) is 18.5. The molecule has 2 N–H and O–H groups in total. The lowest BCUT2D eigenvalue weighted by Gasteiger charge is -2.42. The van der Waals surface area contributed by atoms with Crippen molar-refractivity contribution in [1.82, 2.24) is 10.2 Å². The predicted molar refractivity (Wildman–Crippen MR) is 113 cm³/mol. The standard InChI is InChI=1S/C22H28F3N3O5/c1-3-4-19(29)27-13-5-8-17-15(9-13)21(31)28(2)16-7-6-14(33-18(16)11-32-17)10-20(30)26-12-22(23,24)25/h5,8-9,14,16,18H,3-4,6-7,10-12H2,1-2H3,(H,26,30)(H,27,29)/t14-,16-,18+/m1/s1. The van der Waals surface area contributed by atoms with Gasteiger partial charge in [0.05, 0.1) is 24.1 Å². The van der Waals surface area contributed by atoms with Gasteiger partial charge < -0.3 is 25.0 Å². The second-order valence-electron chi connectivity index (χ2n) is 8.27. The summed E-state index contributed by atoms with van der Waals surface area (Å²) in [5.41, 5.74) is 0.818. The summed E-state index contributed by atoms with van der Waals surface area (Å²) in [5.74, 6) is -0.838. The zero-order valence-electron chi connectivity index (χ0n) is 18.5. The van der Waals surface area contributed by atoms with Crippen LogP contribution in [0.3, 0.4) is 0 Å². The number of hydrogen-bond donors (Lipinski definition) is 2. The Morgan fingerprint density at radius 3 is 2.67 bits per heavy atom. The number of anilines is 1. The molecule has 0 aliphatic carbocycles. The summed E-state index contributed by atoms with van der Waals surface area (Å²) < 4.78 is 48.7. The third-order valence-corrected chi connectivity index (χ3v) is 5.67. The molecule has 0 unspecified atom stereocenters. The Morgan fingerprint density at radius 2 is 1.97 bits per heavy atom. The van der Waals surface area contributed by atoms with E-state index in [4.69, 9.17) is 9.47 Å². The van der Waals surface area contributed by atoms with E-state index in [2.05, 4.69) is 5.32 Å². The number of nitrogens with zero attached hydrogens (tertiary/aromatic N) is 1. The maximum Gasteiger partial charge on any atom is 0.405 e. The Labute approximate surface area is 189 Å². The molecule has 0 spiro atoms. The number of fused-ring (bicyclic) bond motifs is 2. The van der Waals surface area contributed by atoms with E-state index < -0.39 is 30.8 Å². The minimum Gasteiger partial charge on any atom is -0.490 e. The number of nitrogens with one attached hydrogen (secondary N) is 2. The lowest BCUT2D eigenvalue weighted by molar-refractivity contribution is -0.144. The quantitative estimate of drug-likeness (QED) is 0.665. The molecule has 1 fully saturated rings. The molecule has 2 aliphatic heterocycles. The molecule has 33 heavy (non-hydrogen) atoms. The van der Waals surface area contributed by atoms with Crippen molar-refractivity contribution >= 4 is 23.4 Å². The van der Waals surface area contributed by atoms with Gasteiger partial charge in [0.15, 0.2) is 0 Å². The largest absolute Gasteiger partial charge is 0.490 e. The third kappa shape index (κ3) is 6.59. The Bertz CT molecular complexity index is 893. The molecule has 3 amide bonds. The van der Waals surface area contributed by atoms with Crippen molar-refractivity contribution in [2.75, 3.05) is 25.5 Å². The third-order valence-electron chi connectivity index (χ3n) is 5.67. The Balaban J connectivity index is 1.67. The number of benzene rings is 1. The second-order valence-corrected chi connectivity index (χ2v) is 8.27. The lowest BCUT2D eigenvalue weighted by atomic mass is 9.94. The summed E-state index contributed by atoms with van der Waals surface area (Å²) in [6, 6.07) is 4.51. The van der Waals surface area contributed by atoms with Crippen LogP contribution in [0.1, 0.15) is 49.4 Å². The Morgan fingerprint density at radius 1 is 1.21 bits per heavy atom. The van der Waals surface area contributed by atoms with Gasteiger partial charge >= 0.3 is 6.18 Å². The van der Waals surface area contributed by atoms with Crippen molar-refractivity contribution in [2.45, 2.75) is 63.5 Å². The first-order chi connectivity index (χ1) is 15.6. The van der Waals surface area contributed by atoms with E-state index in [1.54, 1.807) is 30.1 Å². The highest BCUT2D eigenvalue weighted by Crippen LogP contribution is 2.32. The van der Waals surface area contributed by atoms with Gasteiger partial charge in [-0.25, -0.2) is 0 Å². The van der Waals surface area contributed by atoms with Crippen LogP contribution in [0.15, 0.2) is 18.2 Å². The molecule has 3 atom stereocenters. The summed E-state index contributed by atoms with van der Waals surface area (Å²) in [6.07, 6.45) is -3.78. The minimum absolute atomic E-state index is 0.109. The highest BCUT2D eigenvalue weighted by atomic mass is 19.4. The number of likely N-dealkylation sites (N-methyl/N-ethyl adjacent to an activating group) is 1. The van der Waals surface area contributed by atoms with Gasteiger partial charge in [-0.3, -0.25) is 14.4 Å². The van der Waals surface area contributed by atoms with Crippen LogP contribution in [0.5, 0.6) is 5.75 Å². The summed E-state index contributed by atoms with van der Waals surface area (Å²) in [4.78, 5) is 38.5. The molecule has 0 bridgehead atoms. The number of alkyl halides is 3. The maximum atomic E-state index is 13.2. The fourth-order valence-corrected chi connectivity index (χ4v) is 4.03. The van der Waals surface area contributed by atoms with Crippen LogP contribution in [0.2, 0.25) is 0 Å². The number of rotatable bonds is 6. The van der Waals surface area contributed by atoms with Gasteiger partial charge in [-0.05, 0) is 37.5 Å². The van der Waals surface area contributed by atoms with Gasteiger partial charge in [-0.1, -0.05) is 6.92 Å². The van der Waals surface area contributed by atoms with Crippen LogP contribution in [0, 0.1) is 0 Å². The molecule has 2 aliphatic rings. The average Bonchev–Trinajstić information content (AvgIpc) is 2.75. The van der Waals surface area contributed by atoms with Gasteiger partial charge in [0.2, 0.25) is 11.8 Å². The van der Waals surface area contributed by atoms with E-state index >= 15 is 0 Å². The van der Waals surface area contributed by atoms with Gasteiger partial charge in [0.1, 0.15) is 25.0 Å². The van der Waals surface area contributed by atoms with E-state index in [1.807, 2.05) is 12.2 Å². The summed E-state index contributed by atoms with van der Waals surface area (Å²) in [5, 5.41) is 4.62. The average molecular weight is 471 g/mol. The van der Waals surface area contributed by atoms with Gasteiger partial charge in [-0.15, -0.1) is 0 Å². The minimum atomic E-state index is -4.48. The van der Waals surface area contributed by atoms with E-state index in [1.165, 1.54) is 0 Å². The molecular weight excluding hydrogens is 443 g/mol. The van der Waals surface area contributed by atoms with Crippen LogP contribution < -0.4 is 15.4 Å². The maximum absolute atomic E-state index is 13.2. The molecule has 182 valence electrons.